The number of hydrogen-bond acceptors (Lipinski definition) is 3. The third-order valence-electron chi connectivity index (χ3n) is 9.27. The predicted octanol–water partition coefficient (Wildman–Crippen LogP) is 7.87. The zero-order valence-electron chi connectivity index (χ0n) is 26.5. The second-order valence-electron chi connectivity index (χ2n) is 11.9. The van der Waals surface area contributed by atoms with E-state index in [0.29, 0.717) is 11.7 Å². The summed E-state index contributed by atoms with van der Waals surface area (Å²) in [6.07, 6.45) is 2.07. The van der Waals surface area contributed by atoms with E-state index in [1.54, 1.807) is 4.90 Å². The van der Waals surface area contributed by atoms with Crippen molar-refractivity contribution in [1.29, 1.82) is 0 Å². The second kappa shape index (κ2) is 12.2. The van der Waals surface area contributed by atoms with Gasteiger partial charge in [0.15, 0.2) is 0 Å². The van der Waals surface area contributed by atoms with Crippen LogP contribution in [-0.2, 0) is 14.9 Å². The molecule has 0 bridgehead atoms. The molecule has 0 saturated heterocycles. The summed E-state index contributed by atoms with van der Waals surface area (Å²) in [6, 6.07) is 59.9. The Balaban J connectivity index is 1.68. The lowest BCUT2D eigenvalue weighted by atomic mass is 9.76. The Morgan fingerprint density at radius 3 is 1.58 bits per heavy atom. The van der Waals surface area contributed by atoms with Gasteiger partial charge in [-0.05, 0) is 47.1 Å². The fourth-order valence-corrected chi connectivity index (χ4v) is 11.9. The third kappa shape index (κ3) is 4.60. The van der Waals surface area contributed by atoms with Crippen LogP contribution in [0.1, 0.15) is 11.1 Å². The molecular formula is C43H33N2O2P. The summed E-state index contributed by atoms with van der Waals surface area (Å²) in [6.45, 7) is -2.91. The number of ether oxygens (including phenoxy) is 1. The molecule has 0 N–H and O–H groups in total. The fraction of sp³-hybridized carbons (Fsp3) is 0.0465. The van der Waals surface area contributed by atoms with Gasteiger partial charge < -0.3 is 9.64 Å². The smallest absolute Gasteiger partial charge is 0.246 e. The molecule has 0 saturated carbocycles. The molecule has 0 aromatic heterocycles. The van der Waals surface area contributed by atoms with Crippen molar-refractivity contribution in [1.82, 2.24) is 0 Å². The van der Waals surface area contributed by atoms with Gasteiger partial charge in [-0.15, -0.1) is 0 Å². The number of likely N-dealkylation sites (N-methyl/N-ethyl adjacent to an activating group) is 1. The van der Waals surface area contributed by atoms with Crippen LogP contribution in [0.5, 0.6) is 0 Å². The molecule has 5 heteroatoms. The molecule has 1 unspecified atom stereocenters. The summed E-state index contributed by atoms with van der Waals surface area (Å²) in [5.74, 6) is 0.994. The van der Waals surface area contributed by atoms with E-state index < -0.39 is 12.3 Å². The number of anilines is 1. The normalized spacial score (nSPS) is 18.1. The van der Waals surface area contributed by atoms with Gasteiger partial charge in [-0.25, -0.2) is 4.99 Å². The van der Waals surface area contributed by atoms with Crippen LogP contribution in [-0.4, -0.2) is 24.1 Å². The zero-order chi connectivity index (χ0) is 32.6. The van der Waals surface area contributed by atoms with E-state index in [4.69, 9.17) is 9.73 Å². The second-order valence-corrected chi connectivity index (χ2v) is 15.3. The van der Waals surface area contributed by atoms with Crippen LogP contribution in [0.15, 0.2) is 187 Å². The molecule has 2 aliphatic heterocycles. The molecule has 232 valence electrons. The van der Waals surface area contributed by atoms with Crippen molar-refractivity contribution < 1.29 is 9.53 Å². The molecular weight excluding hydrogens is 607 g/mol. The number of rotatable bonds is 5. The van der Waals surface area contributed by atoms with Gasteiger partial charge in [-0.3, -0.25) is 4.79 Å². The molecule has 0 fully saturated rings. The van der Waals surface area contributed by atoms with Crippen LogP contribution in [0.4, 0.5) is 11.4 Å². The van der Waals surface area contributed by atoms with Gasteiger partial charge in [0.05, 0.1) is 5.69 Å². The number of nitrogens with zero attached hydrogens (tertiary/aromatic N) is 2. The van der Waals surface area contributed by atoms with Gasteiger partial charge in [-0.1, -0.05) is 158 Å². The highest BCUT2D eigenvalue weighted by Crippen LogP contribution is 2.57. The monoisotopic (exact) mass is 640 g/mol. The maximum atomic E-state index is 15.4. The molecule has 1 amide bonds. The summed E-state index contributed by atoms with van der Waals surface area (Å²) in [5.41, 5.74) is 2.17. The minimum Gasteiger partial charge on any atom is -0.438 e. The van der Waals surface area contributed by atoms with Crippen LogP contribution < -0.4 is 20.8 Å². The van der Waals surface area contributed by atoms with Gasteiger partial charge in [-0.2, -0.15) is 0 Å². The number of fused-ring (bicyclic) bond motifs is 2. The molecule has 2 heterocycles. The quantitative estimate of drug-likeness (QED) is 0.180. The topological polar surface area (TPSA) is 41.9 Å². The van der Waals surface area contributed by atoms with Crippen LogP contribution in [0.3, 0.4) is 0 Å². The first-order valence-corrected chi connectivity index (χ1v) is 17.8. The fourth-order valence-electron chi connectivity index (χ4n) is 7.21. The van der Waals surface area contributed by atoms with Crippen molar-refractivity contribution in [3.05, 3.63) is 193 Å². The van der Waals surface area contributed by atoms with Gasteiger partial charge in [0.2, 0.25) is 11.8 Å². The van der Waals surface area contributed by atoms with E-state index in [2.05, 4.69) is 84.9 Å². The predicted molar refractivity (Wildman–Crippen MR) is 201 cm³/mol. The van der Waals surface area contributed by atoms with E-state index >= 15 is 4.79 Å². The van der Waals surface area contributed by atoms with E-state index in [1.807, 2.05) is 104 Å². The lowest BCUT2D eigenvalue weighted by molar-refractivity contribution is -0.119. The van der Waals surface area contributed by atoms with Gasteiger partial charge >= 0.3 is 0 Å². The first-order chi connectivity index (χ1) is 23.6. The van der Waals surface area contributed by atoms with Gasteiger partial charge in [0, 0.05) is 29.2 Å². The average Bonchev–Trinajstić information content (AvgIpc) is 3.36. The number of para-hydroxylation sites is 2. The minimum absolute atomic E-state index is 0.0386. The molecule has 1 atom stereocenters. The van der Waals surface area contributed by atoms with E-state index in [-0.39, 0.29) is 5.91 Å². The van der Waals surface area contributed by atoms with Crippen LogP contribution in [0.2, 0.25) is 0 Å². The molecule has 0 radical (unpaired) electrons. The van der Waals surface area contributed by atoms with Crippen molar-refractivity contribution in [2.45, 2.75) is 5.41 Å². The van der Waals surface area contributed by atoms with Crippen LogP contribution in [0, 0.1) is 0 Å². The Kier molecular flexibility index (Phi) is 7.51. The minimum atomic E-state index is -2.91. The first kappa shape index (κ1) is 29.7. The number of carbonyl (C=O) groups is 1. The first-order valence-electron chi connectivity index (χ1n) is 16.1. The molecule has 0 aliphatic carbocycles. The van der Waals surface area contributed by atoms with Crippen molar-refractivity contribution >= 4 is 57.0 Å². The van der Waals surface area contributed by atoms with Crippen molar-refractivity contribution in [3.63, 3.8) is 0 Å². The molecule has 2 aliphatic rings. The molecule has 48 heavy (non-hydrogen) atoms. The summed E-state index contributed by atoms with van der Waals surface area (Å²) in [7, 11) is 1.88. The number of carbonyl (C=O) groups excluding carboxylic acids is 1. The van der Waals surface area contributed by atoms with E-state index in [9.17, 15) is 0 Å². The summed E-state index contributed by atoms with van der Waals surface area (Å²) in [4.78, 5) is 22.6. The summed E-state index contributed by atoms with van der Waals surface area (Å²) >= 11 is 0. The molecule has 6 aromatic carbocycles. The largest absolute Gasteiger partial charge is 0.438 e. The highest BCUT2D eigenvalue weighted by atomic mass is 31.2. The zero-order valence-corrected chi connectivity index (χ0v) is 27.4. The molecule has 6 aromatic rings. The van der Waals surface area contributed by atoms with Crippen molar-refractivity contribution in [3.8, 4) is 0 Å². The van der Waals surface area contributed by atoms with Crippen LogP contribution in [0.25, 0.3) is 5.76 Å². The van der Waals surface area contributed by atoms with Crippen molar-refractivity contribution in [2.24, 2.45) is 4.99 Å². The number of amides is 1. The number of aliphatic imine (C=N–C) groups is 1. The summed E-state index contributed by atoms with van der Waals surface area (Å²) < 4.78 is 7.08. The lowest BCUT2D eigenvalue weighted by Crippen LogP contribution is -2.53. The lowest BCUT2D eigenvalue weighted by Gasteiger charge is -2.42. The number of benzene rings is 6. The Bertz CT molecular complexity index is 2130. The Morgan fingerprint density at radius 1 is 0.583 bits per heavy atom. The Labute approximate surface area is 281 Å². The van der Waals surface area contributed by atoms with Gasteiger partial charge in [0.1, 0.15) is 11.2 Å². The van der Waals surface area contributed by atoms with Crippen LogP contribution >= 0.6 is 6.89 Å². The van der Waals surface area contributed by atoms with E-state index in [0.717, 1.165) is 43.7 Å². The summed E-state index contributed by atoms with van der Waals surface area (Å²) in [5, 5.41) is 4.18. The maximum absolute atomic E-state index is 15.4. The number of hydrogen-bond donors (Lipinski definition) is 0. The molecule has 1 spiro atoms. The maximum Gasteiger partial charge on any atom is 0.246 e. The SMILES string of the molecule is CN1C(=O)C2(C=C(c3ccccc3)OC(=Nc3ccccc3)C2=P(c2ccccc2)(c2ccccc2)c2ccccc2)c2ccccc21. The van der Waals surface area contributed by atoms with E-state index in [1.165, 1.54) is 0 Å². The van der Waals surface area contributed by atoms with Gasteiger partial charge in [0.25, 0.3) is 0 Å². The molecule has 8 rings (SSSR count). The highest BCUT2D eigenvalue weighted by Gasteiger charge is 2.58. The third-order valence-corrected chi connectivity index (χ3v) is 13.7. The molecule has 4 nitrogen and oxygen atoms in total. The van der Waals surface area contributed by atoms with Crippen molar-refractivity contribution in [2.75, 3.05) is 11.9 Å². The Hall–Kier alpha value is -5.70. The standard InChI is InChI=1S/C43H33N2O2P/c1-45-38-30-18-17-29-37(38)43(42(45)46)31-39(32-19-7-2-8-20-32)47-41(44-33-21-9-3-10-22-33)40(43)48(34-23-11-4-12-24-34,35-25-13-5-14-26-35)36-27-15-6-16-28-36/h2-31H,1H3. The average molecular weight is 641 g/mol. The Morgan fingerprint density at radius 2 is 1.04 bits per heavy atom. The highest BCUT2D eigenvalue weighted by molar-refractivity contribution is 7.96.